The van der Waals surface area contributed by atoms with Crippen molar-refractivity contribution in [2.75, 3.05) is 0 Å². The highest BCUT2D eigenvalue weighted by Gasteiger charge is 2.15. The van der Waals surface area contributed by atoms with Gasteiger partial charge in [-0.2, -0.15) is 0 Å². The molecule has 0 spiro atoms. The summed E-state index contributed by atoms with van der Waals surface area (Å²) in [4.78, 5) is 0. The lowest BCUT2D eigenvalue weighted by molar-refractivity contribution is 0.419. The van der Waals surface area contributed by atoms with Gasteiger partial charge in [0.15, 0.2) is 0 Å². The lowest BCUT2D eigenvalue weighted by Crippen LogP contribution is -2.30. The van der Waals surface area contributed by atoms with E-state index >= 15 is 0 Å². The molecule has 0 saturated carbocycles. The minimum absolute atomic E-state index is 0.0573. The molecular formula is C10H15BO3. The van der Waals surface area contributed by atoms with Crippen LogP contribution in [0.25, 0.3) is 0 Å². The number of hydrogen-bond donors (Lipinski definition) is 3. The summed E-state index contributed by atoms with van der Waals surface area (Å²) in [5, 5.41) is 27.2. The van der Waals surface area contributed by atoms with Crippen LogP contribution in [0.1, 0.15) is 19.4 Å². The fraction of sp³-hybridized carbons (Fsp3) is 0.400. The number of hydrogen-bond acceptors (Lipinski definition) is 3. The minimum atomic E-state index is -1.61. The largest absolute Gasteiger partial charge is 0.508 e. The Kier molecular flexibility index (Phi) is 3.55. The van der Waals surface area contributed by atoms with Crippen LogP contribution in [0.4, 0.5) is 0 Å². The molecular weight excluding hydrogens is 179 g/mol. The highest BCUT2D eigenvalue weighted by Crippen LogP contribution is 2.13. The molecule has 1 rings (SSSR count). The molecule has 0 aliphatic heterocycles. The summed E-state index contributed by atoms with van der Waals surface area (Å²) in [5.41, 5.74) is 1.15. The van der Waals surface area contributed by atoms with E-state index in [9.17, 15) is 5.11 Å². The molecule has 0 bridgehead atoms. The molecule has 14 heavy (non-hydrogen) atoms. The van der Waals surface area contributed by atoms with E-state index in [1.54, 1.807) is 12.1 Å². The van der Waals surface area contributed by atoms with Crippen LogP contribution in [-0.4, -0.2) is 22.3 Å². The first-order valence-electron chi connectivity index (χ1n) is 4.68. The predicted octanol–water partition coefficient (Wildman–Crippen LogP) is 0.271. The molecule has 76 valence electrons. The van der Waals surface area contributed by atoms with Gasteiger partial charge in [-0.3, -0.25) is 0 Å². The lowest BCUT2D eigenvalue weighted by atomic mass is 9.79. The van der Waals surface area contributed by atoms with Crippen LogP contribution in [-0.2, 0) is 6.42 Å². The first-order valence-corrected chi connectivity index (χ1v) is 4.68. The van der Waals surface area contributed by atoms with Crippen molar-refractivity contribution in [1.29, 1.82) is 0 Å². The molecule has 3 nitrogen and oxygen atoms in total. The van der Waals surface area contributed by atoms with Crippen LogP contribution in [0.2, 0.25) is 0 Å². The zero-order valence-corrected chi connectivity index (χ0v) is 8.44. The topological polar surface area (TPSA) is 60.7 Å². The highest BCUT2D eigenvalue weighted by atomic mass is 16.4. The van der Waals surface area contributed by atoms with Crippen molar-refractivity contribution in [2.45, 2.75) is 20.3 Å². The second kappa shape index (κ2) is 4.48. The van der Waals surface area contributed by atoms with Gasteiger partial charge in [0.25, 0.3) is 0 Å². The third kappa shape index (κ3) is 2.75. The minimum Gasteiger partial charge on any atom is -0.508 e. The highest BCUT2D eigenvalue weighted by molar-refractivity contribution is 6.59. The van der Waals surface area contributed by atoms with Crippen LogP contribution in [0, 0.1) is 5.92 Å². The van der Waals surface area contributed by atoms with Crippen LogP contribution < -0.4 is 5.46 Å². The average Bonchev–Trinajstić information content (AvgIpc) is 2.01. The number of benzene rings is 1. The molecule has 0 fully saturated rings. The van der Waals surface area contributed by atoms with E-state index in [1.165, 1.54) is 6.07 Å². The number of aromatic hydroxyl groups is 1. The van der Waals surface area contributed by atoms with Crippen molar-refractivity contribution in [1.82, 2.24) is 0 Å². The third-order valence-corrected chi connectivity index (χ3v) is 2.02. The Morgan fingerprint density at radius 2 is 1.93 bits per heavy atom. The van der Waals surface area contributed by atoms with Gasteiger partial charge in [0.2, 0.25) is 0 Å². The third-order valence-electron chi connectivity index (χ3n) is 2.02. The summed E-state index contributed by atoms with van der Waals surface area (Å²) in [5.74, 6) is 0.456. The van der Waals surface area contributed by atoms with Gasteiger partial charge in [-0.05, 0) is 24.0 Å². The number of phenolic OH excluding ortho intramolecular Hbond substituents is 1. The van der Waals surface area contributed by atoms with E-state index in [0.29, 0.717) is 5.92 Å². The van der Waals surface area contributed by atoms with Crippen LogP contribution in [0.3, 0.4) is 0 Å². The first-order chi connectivity index (χ1) is 6.50. The van der Waals surface area contributed by atoms with Gasteiger partial charge < -0.3 is 15.2 Å². The Morgan fingerprint density at radius 3 is 2.36 bits per heavy atom. The van der Waals surface area contributed by atoms with Crippen molar-refractivity contribution in [3.63, 3.8) is 0 Å². The van der Waals surface area contributed by atoms with Gasteiger partial charge >= 0.3 is 7.12 Å². The summed E-state index contributed by atoms with van der Waals surface area (Å²) in [6.07, 6.45) is 0.870. The molecule has 1 aromatic rings. The van der Waals surface area contributed by atoms with Gasteiger partial charge in [0.05, 0.1) is 0 Å². The van der Waals surface area contributed by atoms with Crippen molar-refractivity contribution in [3.05, 3.63) is 23.8 Å². The molecule has 1 aromatic carbocycles. The molecule has 0 saturated heterocycles. The Balaban J connectivity index is 2.89. The fourth-order valence-electron chi connectivity index (χ4n) is 1.41. The maximum absolute atomic E-state index is 9.45. The quantitative estimate of drug-likeness (QED) is 0.605. The molecule has 0 heterocycles. The monoisotopic (exact) mass is 194 g/mol. The number of rotatable bonds is 3. The van der Waals surface area contributed by atoms with Gasteiger partial charge in [0.1, 0.15) is 5.75 Å². The van der Waals surface area contributed by atoms with E-state index in [-0.39, 0.29) is 11.2 Å². The SMILES string of the molecule is CC(C)Cc1ccc(B(O)O)c(O)c1. The van der Waals surface area contributed by atoms with Crippen LogP contribution in [0.15, 0.2) is 18.2 Å². The zero-order valence-electron chi connectivity index (χ0n) is 8.44. The van der Waals surface area contributed by atoms with E-state index in [1.807, 2.05) is 0 Å². The molecule has 0 radical (unpaired) electrons. The standard InChI is InChI=1S/C10H15BO3/c1-7(2)5-8-3-4-9(11(13)14)10(12)6-8/h3-4,6-7,12-14H,5H2,1-2H3. The van der Waals surface area contributed by atoms with Gasteiger partial charge in [-0.15, -0.1) is 0 Å². The molecule has 0 aliphatic rings. The molecule has 0 unspecified atom stereocenters. The summed E-state index contributed by atoms with van der Waals surface area (Å²) in [6.45, 7) is 4.18. The average molecular weight is 194 g/mol. The van der Waals surface area contributed by atoms with Gasteiger partial charge in [-0.1, -0.05) is 26.0 Å². The second-order valence-corrected chi connectivity index (χ2v) is 3.86. The Bertz CT molecular complexity index is 310. The summed E-state index contributed by atoms with van der Waals surface area (Å²) in [7, 11) is -1.61. The number of phenols is 1. The molecule has 0 aliphatic carbocycles. The van der Waals surface area contributed by atoms with E-state index in [2.05, 4.69) is 13.8 Å². The normalized spacial score (nSPS) is 10.6. The zero-order chi connectivity index (χ0) is 10.7. The van der Waals surface area contributed by atoms with Crippen molar-refractivity contribution in [2.24, 2.45) is 5.92 Å². The van der Waals surface area contributed by atoms with Gasteiger partial charge in [0, 0.05) is 5.46 Å². The summed E-state index contributed by atoms with van der Waals surface area (Å²) in [6, 6.07) is 4.92. The van der Waals surface area contributed by atoms with Crippen molar-refractivity contribution >= 4 is 12.6 Å². The first kappa shape index (κ1) is 11.1. The molecule has 0 atom stereocenters. The Morgan fingerprint density at radius 1 is 1.29 bits per heavy atom. The molecule has 0 aromatic heterocycles. The molecule has 0 amide bonds. The molecule has 4 heteroatoms. The Hall–Kier alpha value is -0.995. The Labute approximate surface area is 84.2 Å². The predicted molar refractivity (Wildman–Crippen MR) is 56.5 cm³/mol. The van der Waals surface area contributed by atoms with E-state index in [4.69, 9.17) is 10.0 Å². The van der Waals surface area contributed by atoms with Gasteiger partial charge in [-0.25, -0.2) is 0 Å². The smallest absolute Gasteiger partial charge is 0.492 e. The fourth-order valence-corrected chi connectivity index (χ4v) is 1.41. The summed E-state index contributed by atoms with van der Waals surface area (Å²) < 4.78 is 0. The maximum Gasteiger partial charge on any atom is 0.492 e. The molecule has 3 N–H and O–H groups in total. The summed E-state index contributed by atoms with van der Waals surface area (Å²) >= 11 is 0. The van der Waals surface area contributed by atoms with Crippen molar-refractivity contribution < 1.29 is 15.2 Å². The lowest BCUT2D eigenvalue weighted by Gasteiger charge is -2.08. The van der Waals surface area contributed by atoms with Crippen molar-refractivity contribution in [3.8, 4) is 5.75 Å². The van der Waals surface area contributed by atoms with Crippen LogP contribution in [0.5, 0.6) is 5.75 Å². The van der Waals surface area contributed by atoms with Crippen LogP contribution >= 0.6 is 0 Å². The maximum atomic E-state index is 9.45. The van der Waals surface area contributed by atoms with E-state index in [0.717, 1.165) is 12.0 Å². The van der Waals surface area contributed by atoms with E-state index < -0.39 is 7.12 Å². The second-order valence-electron chi connectivity index (χ2n) is 3.86.